The predicted octanol–water partition coefficient (Wildman–Crippen LogP) is 1.12. The van der Waals surface area contributed by atoms with Gasteiger partial charge in [-0.2, -0.15) is 0 Å². The monoisotopic (exact) mass is 617 g/mol. The highest BCUT2D eigenvalue weighted by Gasteiger charge is 2.89. The van der Waals surface area contributed by atoms with Crippen LogP contribution in [0.3, 0.4) is 0 Å². The van der Waals surface area contributed by atoms with Gasteiger partial charge in [-0.1, -0.05) is 6.92 Å². The molecule has 7 bridgehead atoms. The van der Waals surface area contributed by atoms with Gasteiger partial charge < -0.3 is 43.7 Å². The normalized spacial score (nSPS) is 50.0. The number of esters is 1. The largest absolute Gasteiger partial charge is 0.497 e. The molecular formula is C33H47NO10. The summed E-state index contributed by atoms with van der Waals surface area (Å²) in [5.41, 5.74) is -3.92. The summed E-state index contributed by atoms with van der Waals surface area (Å²) in [5, 5.41) is 37.7. The number of hydrogen-bond acceptors (Lipinski definition) is 11. The summed E-state index contributed by atoms with van der Waals surface area (Å²) in [6.45, 7) is 3.73. The minimum atomic E-state index is -1.54. The number of likely N-dealkylation sites (tertiary alicyclic amines) is 1. The summed E-state index contributed by atoms with van der Waals surface area (Å²) in [7, 11) is 8.13. The van der Waals surface area contributed by atoms with Crippen molar-refractivity contribution in [3.8, 4) is 5.75 Å². The predicted molar refractivity (Wildman–Crippen MR) is 156 cm³/mol. The van der Waals surface area contributed by atoms with Crippen molar-refractivity contribution in [2.24, 2.45) is 34.5 Å². The molecule has 3 N–H and O–H groups in total. The number of ether oxygens (including phenoxy) is 6. The van der Waals surface area contributed by atoms with Gasteiger partial charge in [0.15, 0.2) is 0 Å². The van der Waals surface area contributed by atoms with Gasteiger partial charge in [-0.15, -0.1) is 0 Å². The summed E-state index contributed by atoms with van der Waals surface area (Å²) in [6.07, 6.45) is -2.51. The Morgan fingerprint density at radius 1 is 0.955 bits per heavy atom. The van der Waals surface area contributed by atoms with Crippen LogP contribution in [0.15, 0.2) is 24.3 Å². The molecule has 1 aliphatic heterocycles. The maximum atomic E-state index is 13.7. The molecule has 0 radical (unpaired) electrons. The van der Waals surface area contributed by atoms with Crippen molar-refractivity contribution in [2.75, 3.05) is 55.2 Å². The molecular weight excluding hydrogens is 570 g/mol. The minimum Gasteiger partial charge on any atom is -0.497 e. The van der Waals surface area contributed by atoms with Crippen molar-refractivity contribution >= 4 is 5.97 Å². The molecule has 6 aliphatic rings. The van der Waals surface area contributed by atoms with Gasteiger partial charge in [-0.05, 0) is 43.1 Å². The molecule has 0 aromatic heterocycles. The topological polar surface area (TPSA) is 136 Å². The molecule has 11 nitrogen and oxygen atoms in total. The molecule has 1 heterocycles. The van der Waals surface area contributed by atoms with Crippen molar-refractivity contribution in [3.63, 3.8) is 0 Å². The van der Waals surface area contributed by atoms with Crippen LogP contribution in [-0.2, 0) is 23.7 Å². The summed E-state index contributed by atoms with van der Waals surface area (Å²) in [6, 6.07) is 6.50. The molecule has 0 amide bonds. The highest BCUT2D eigenvalue weighted by Crippen LogP contribution is 2.80. The van der Waals surface area contributed by atoms with Gasteiger partial charge in [0, 0.05) is 82.5 Å². The Morgan fingerprint density at radius 3 is 2.25 bits per heavy atom. The average Bonchev–Trinajstić information content (AvgIpc) is 3.41. The van der Waals surface area contributed by atoms with Gasteiger partial charge in [0.05, 0.1) is 49.3 Å². The molecule has 4 unspecified atom stereocenters. The van der Waals surface area contributed by atoms with Crippen LogP contribution in [0, 0.1) is 34.5 Å². The third kappa shape index (κ3) is 3.48. The number of nitrogens with zero attached hydrogens (tertiary/aromatic N) is 1. The van der Waals surface area contributed by atoms with E-state index >= 15 is 0 Å². The maximum Gasteiger partial charge on any atom is 0.338 e. The van der Waals surface area contributed by atoms with Crippen molar-refractivity contribution in [2.45, 2.75) is 73.9 Å². The van der Waals surface area contributed by atoms with E-state index in [1.54, 1.807) is 52.7 Å². The van der Waals surface area contributed by atoms with Gasteiger partial charge in [-0.3, -0.25) is 4.90 Å². The number of carbonyl (C=O) groups is 1. The second-order valence-electron chi connectivity index (χ2n) is 14.2. The summed E-state index contributed by atoms with van der Waals surface area (Å²) < 4.78 is 36.2. The lowest BCUT2D eigenvalue weighted by Crippen LogP contribution is -2.79. The van der Waals surface area contributed by atoms with Crippen molar-refractivity contribution in [3.05, 3.63) is 29.8 Å². The van der Waals surface area contributed by atoms with E-state index in [1.807, 2.05) is 0 Å². The Kier molecular flexibility index (Phi) is 7.24. The van der Waals surface area contributed by atoms with Crippen LogP contribution in [0.5, 0.6) is 5.75 Å². The number of piperidine rings is 1. The molecule has 11 heteroatoms. The number of hydrogen-bond donors (Lipinski definition) is 3. The van der Waals surface area contributed by atoms with Gasteiger partial charge in [0.25, 0.3) is 0 Å². The standard InChI is InChI=1S/C33H47NO10/c1-7-34-15-30(16-39-2)20(35)12-21(41-4)33-19-13-31(37)22(42-5)14-32(38,24(27(33)34)25(43-6)26(30)33)23(19)28(31)44-29(36)17-8-10-18(40-3)11-9-17/h8-11,19-28,35,37-38H,7,12-16H2,1-6H3/t19-,20-,21+,22+,23-,24?,25+,26-,27?,28+,30+,31?,32-,33?/m1/s1. The first-order chi connectivity index (χ1) is 21.1. The number of carbonyl (C=O) groups excluding carboxylic acids is 1. The quantitative estimate of drug-likeness (QED) is 0.344. The van der Waals surface area contributed by atoms with E-state index in [0.29, 0.717) is 37.4 Å². The van der Waals surface area contributed by atoms with Crippen LogP contribution < -0.4 is 4.74 Å². The number of rotatable bonds is 9. The summed E-state index contributed by atoms with van der Waals surface area (Å²) in [4.78, 5) is 16.1. The fourth-order valence-corrected chi connectivity index (χ4v) is 12.0. The van der Waals surface area contributed by atoms with Crippen LogP contribution in [-0.4, -0.2) is 129 Å². The first-order valence-corrected chi connectivity index (χ1v) is 15.9. The molecule has 7 rings (SSSR count). The van der Waals surface area contributed by atoms with Gasteiger partial charge >= 0.3 is 5.97 Å². The molecule has 1 aromatic rings. The summed E-state index contributed by atoms with van der Waals surface area (Å²) in [5.74, 6) is -1.54. The van der Waals surface area contributed by atoms with E-state index < -0.39 is 64.3 Å². The SMILES string of the molecule is CCN1C[C@]2(COC)[C@H](O)C[C@H](OC)C34C1C([C@H](OC)[C@@H]32)[C@@]1(O)C[C@H](OC)C2(O)C[C@@H]4[C@@H]1[C@@H]2OC(=O)c1ccc(OC)cc1. The highest BCUT2D eigenvalue weighted by molar-refractivity contribution is 5.89. The van der Waals surface area contributed by atoms with Crippen molar-refractivity contribution in [1.82, 2.24) is 4.90 Å². The number of methoxy groups -OCH3 is 5. The molecule has 14 atom stereocenters. The number of benzene rings is 1. The molecule has 6 fully saturated rings. The molecule has 1 spiro atoms. The smallest absolute Gasteiger partial charge is 0.338 e. The van der Waals surface area contributed by atoms with Gasteiger partial charge in [0.2, 0.25) is 0 Å². The first kappa shape index (κ1) is 30.8. The fourth-order valence-electron chi connectivity index (χ4n) is 12.0. The van der Waals surface area contributed by atoms with E-state index in [1.165, 1.54) is 7.11 Å². The van der Waals surface area contributed by atoms with Crippen LogP contribution in [0.1, 0.15) is 36.5 Å². The van der Waals surface area contributed by atoms with E-state index in [-0.39, 0.29) is 36.8 Å². The highest BCUT2D eigenvalue weighted by atomic mass is 16.6. The third-order valence-corrected chi connectivity index (χ3v) is 13.1. The lowest BCUT2D eigenvalue weighted by atomic mass is 9.42. The van der Waals surface area contributed by atoms with Crippen LogP contribution in [0.2, 0.25) is 0 Å². The summed E-state index contributed by atoms with van der Waals surface area (Å²) >= 11 is 0. The Hall–Kier alpha value is -1.83. The Morgan fingerprint density at radius 2 is 1.66 bits per heavy atom. The Bertz CT molecular complexity index is 1280. The van der Waals surface area contributed by atoms with E-state index in [0.717, 1.165) is 0 Å². The zero-order valence-electron chi connectivity index (χ0n) is 26.5. The molecule has 5 saturated carbocycles. The zero-order chi connectivity index (χ0) is 31.4. The van der Waals surface area contributed by atoms with Crippen LogP contribution >= 0.6 is 0 Å². The lowest BCUT2D eigenvalue weighted by Gasteiger charge is -2.70. The van der Waals surface area contributed by atoms with Crippen LogP contribution in [0.25, 0.3) is 0 Å². The second kappa shape index (κ2) is 10.3. The van der Waals surface area contributed by atoms with Gasteiger partial charge in [0.1, 0.15) is 17.5 Å². The van der Waals surface area contributed by atoms with E-state index in [2.05, 4.69) is 11.8 Å². The van der Waals surface area contributed by atoms with Crippen LogP contribution in [0.4, 0.5) is 0 Å². The number of aliphatic hydroxyl groups is 3. The number of aliphatic hydroxyl groups excluding tert-OH is 1. The molecule has 1 saturated heterocycles. The minimum absolute atomic E-state index is 0.146. The molecule has 44 heavy (non-hydrogen) atoms. The third-order valence-electron chi connectivity index (χ3n) is 13.1. The lowest BCUT2D eigenvalue weighted by molar-refractivity contribution is -0.298. The van der Waals surface area contributed by atoms with Crippen molar-refractivity contribution < 1.29 is 48.5 Å². The fraction of sp³-hybridized carbons (Fsp3) is 0.788. The first-order valence-electron chi connectivity index (χ1n) is 15.9. The van der Waals surface area contributed by atoms with Crippen molar-refractivity contribution in [1.29, 1.82) is 0 Å². The molecule has 244 valence electrons. The van der Waals surface area contributed by atoms with E-state index in [9.17, 15) is 20.1 Å². The Labute approximate surface area is 258 Å². The molecule has 1 aromatic carbocycles. The average molecular weight is 618 g/mol. The maximum absolute atomic E-state index is 13.7. The number of fused-ring (bicyclic) bond motifs is 2. The Balaban J connectivity index is 1.42. The molecule has 5 aliphatic carbocycles. The zero-order valence-corrected chi connectivity index (χ0v) is 26.5. The second-order valence-corrected chi connectivity index (χ2v) is 14.2. The van der Waals surface area contributed by atoms with Gasteiger partial charge in [-0.25, -0.2) is 4.79 Å². The van der Waals surface area contributed by atoms with E-state index in [4.69, 9.17) is 28.4 Å².